The lowest BCUT2D eigenvalue weighted by Crippen LogP contribution is -2.54. The molecule has 1 fully saturated rings. The number of rotatable bonds is 11. The number of esters is 1. The lowest BCUT2D eigenvalue weighted by Gasteiger charge is -2.38. The molecule has 1 aliphatic rings. The molecule has 0 saturated carbocycles. The van der Waals surface area contributed by atoms with E-state index < -0.39 is 52.8 Å². The van der Waals surface area contributed by atoms with Crippen LogP contribution in [0.15, 0.2) is 71.8 Å². The van der Waals surface area contributed by atoms with Crippen molar-refractivity contribution in [2.45, 2.75) is 49.7 Å². The first-order chi connectivity index (χ1) is 22.7. The van der Waals surface area contributed by atoms with Crippen molar-refractivity contribution >= 4 is 50.5 Å². The maximum absolute atomic E-state index is 14.0. The molecule has 2 amide bonds. The van der Waals surface area contributed by atoms with Gasteiger partial charge in [0.05, 0.1) is 30.7 Å². The van der Waals surface area contributed by atoms with Gasteiger partial charge < -0.3 is 30.3 Å². The Morgan fingerprint density at radius 2 is 1.79 bits per heavy atom. The first-order valence-corrected chi connectivity index (χ1v) is 16.5. The number of carbonyl (C=O) groups is 4. The number of methoxy groups -OCH3 is 1. The fourth-order valence-electron chi connectivity index (χ4n) is 5.12. The Hall–Kier alpha value is -5.09. The van der Waals surface area contributed by atoms with E-state index in [-0.39, 0.29) is 23.4 Å². The minimum absolute atomic E-state index is 0.0802. The maximum atomic E-state index is 14.0. The minimum Gasteiger partial charge on any atom is -0.481 e. The summed E-state index contributed by atoms with van der Waals surface area (Å²) in [5, 5.41) is 16.7. The van der Waals surface area contributed by atoms with E-state index in [0.29, 0.717) is 37.0 Å². The number of nitrogens with one attached hydrogen (secondary N) is 2. The third-order valence-electron chi connectivity index (χ3n) is 7.62. The molecule has 1 saturated heterocycles. The van der Waals surface area contributed by atoms with E-state index in [1.165, 1.54) is 30.3 Å². The number of amides is 2. The summed E-state index contributed by atoms with van der Waals surface area (Å²) >= 11 is 0. The number of aliphatic carboxylic acids is 1. The SMILES string of the molecule is CC(=O)O.COC(=O)CN(Cc1ccccn1)C(=O)[C@H](CC(=O)N(C)[C@H]1CCCN(C(=N)N)C1)NS(=O)(=O)c1ccc2ccccc2c1. The Labute approximate surface area is 279 Å². The van der Waals surface area contributed by atoms with Gasteiger partial charge in [0.15, 0.2) is 5.96 Å². The van der Waals surface area contributed by atoms with Crippen LogP contribution in [0, 0.1) is 5.41 Å². The maximum Gasteiger partial charge on any atom is 0.325 e. The van der Waals surface area contributed by atoms with Crippen molar-refractivity contribution in [3.05, 3.63) is 72.6 Å². The molecular weight excluding hydrogens is 642 g/mol. The van der Waals surface area contributed by atoms with Gasteiger partial charge in [0.1, 0.15) is 12.6 Å². The molecular formula is C32H41N7O8S. The van der Waals surface area contributed by atoms with Gasteiger partial charge in [-0.3, -0.25) is 29.6 Å². The number of guanidine groups is 1. The number of hydrogen-bond donors (Lipinski definition) is 4. The molecule has 0 aliphatic carbocycles. The Kier molecular flexibility index (Phi) is 13.4. The number of piperidine rings is 1. The molecule has 16 heteroatoms. The van der Waals surface area contributed by atoms with E-state index in [9.17, 15) is 22.8 Å². The molecule has 258 valence electrons. The van der Waals surface area contributed by atoms with Crippen molar-refractivity contribution in [2.75, 3.05) is 33.8 Å². The van der Waals surface area contributed by atoms with Gasteiger partial charge in [-0.15, -0.1) is 0 Å². The zero-order valence-corrected chi connectivity index (χ0v) is 27.9. The smallest absolute Gasteiger partial charge is 0.325 e. The van der Waals surface area contributed by atoms with Crippen molar-refractivity contribution in [2.24, 2.45) is 5.73 Å². The third kappa shape index (κ3) is 10.7. The Morgan fingerprint density at radius 1 is 1.12 bits per heavy atom. The number of nitrogens with zero attached hydrogens (tertiary/aromatic N) is 4. The number of nitrogens with two attached hydrogens (primary N) is 1. The number of benzene rings is 2. The van der Waals surface area contributed by atoms with Crippen LogP contribution in [0.4, 0.5) is 0 Å². The van der Waals surface area contributed by atoms with Gasteiger partial charge in [0.25, 0.3) is 5.97 Å². The summed E-state index contributed by atoms with van der Waals surface area (Å²) in [5.74, 6) is -2.93. The molecule has 15 nitrogen and oxygen atoms in total. The van der Waals surface area contributed by atoms with E-state index in [4.69, 9.17) is 25.8 Å². The first-order valence-electron chi connectivity index (χ1n) is 15.0. The normalized spacial score (nSPS) is 15.0. The number of carboxylic acids is 1. The van der Waals surface area contributed by atoms with Crippen LogP contribution < -0.4 is 10.5 Å². The van der Waals surface area contributed by atoms with Crippen LogP contribution >= 0.6 is 0 Å². The molecule has 2 aromatic carbocycles. The Morgan fingerprint density at radius 3 is 2.42 bits per heavy atom. The highest BCUT2D eigenvalue weighted by Crippen LogP contribution is 2.21. The number of aromatic nitrogens is 1. The monoisotopic (exact) mass is 683 g/mol. The number of hydrogen-bond acceptors (Lipinski definition) is 9. The molecule has 0 bridgehead atoms. The van der Waals surface area contributed by atoms with Crippen LogP contribution in [0.5, 0.6) is 0 Å². The fraction of sp³-hybridized carbons (Fsp3) is 0.375. The third-order valence-corrected chi connectivity index (χ3v) is 9.09. The first kappa shape index (κ1) is 37.4. The van der Waals surface area contributed by atoms with Crippen molar-refractivity contribution < 1.29 is 37.4 Å². The molecule has 2 heterocycles. The molecule has 48 heavy (non-hydrogen) atoms. The number of likely N-dealkylation sites (N-methyl/N-ethyl adjacent to an activating group) is 1. The standard InChI is InChI=1S/C30H37N7O6S.C2H4O2/c1-35(24-11-7-15-36(19-24)30(31)32)27(38)17-26(29(40)37(20-28(39)43-2)18-23-10-5-6-14-33-23)34-44(41,42)25-13-12-21-8-3-4-9-22(21)16-25;1-2(3)4/h3-6,8-10,12-14,16,24,26,34H,7,11,15,17-20H2,1-2H3,(H3,31,32);1H3,(H,3,4)/t24-,26-;/m0./s1. The highest BCUT2D eigenvalue weighted by atomic mass is 32.2. The summed E-state index contributed by atoms with van der Waals surface area (Å²) in [7, 11) is -1.55. The molecule has 2 atom stereocenters. The number of fused-ring (bicyclic) bond motifs is 1. The van der Waals surface area contributed by atoms with Gasteiger partial charge in [-0.05, 0) is 47.9 Å². The number of sulfonamides is 1. The van der Waals surface area contributed by atoms with Crippen LogP contribution in [0.2, 0.25) is 0 Å². The van der Waals surface area contributed by atoms with Crippen LogP contribution in [0.1, 0.15) is 31.9 Å². The zero-order valence-electron chi connectivity index (χ0n) is 27.0. The number of carboxylic acid groups (broad SMARTS) is 1. The lowest BCUT2D eigenvalue weighted by atomic mass is 10.0. The van der Waals surface area contributed by atoms with Crippen molar-refractivity contribution in [1.82, 2.24) is 24.4 Å². The number of ether oxygens (including phenoxy) is 1. The Bertz CT molecular complexity index is 1720. The average Bonchev–Trinajstić information content (AvgIpc) is 3.06. The van der Waals surface area contributed by atoms with Gasteiger partial charge in [-0.1, -0.05) is 36.4 Å². The summed E-state index contributed by atoms with van der Waals surface area (Å²) in [6, 6.07) is 15.1. The van der Waals surface area contributed by atoms with Gasteiger partial charge in [-0.2, -0.15) is 4.72 Å². The summed E-state index contributed by atoms with van der Waals surface area (Å²) in [4.78, 5) is 57.3. The summed E-state index contributed by atoms with van der Waals surface area (Å²) < 4.78 is 34.6. The van der Waals surface area contributed by atoms with Crippen LogP contribution in [0.3, 0.4) is 0 Å². The summed E-state index contributed by atoms with van der Waals surface area (Å²) in [6.07, 6.45) is 2.37. The molecule has 5 N–H and O–H groups in total. The predicted molar refractivity (Wildman–Crippen MR) is 177 cm³/mol. The molecule has 1 aromatic heterocycles. The largest absolute Gasteiger partial charge is 0.481 e. The van der Waals surface area contributed by atoms with E-state index >= 15 is 0 Å². The molecule has 0 spiro atoms. The van der Waals surface area contributed by atoms with Crippen LogP contribution in [-0.2, 0) is 40.5 Å². The van der Waals surface area contributed by atoms with Crippen molar-refractivity contribution in [1.29, 1.82) is 5.41 Å². The second kappa shape index (κ2) is 17.2. The van der Waals surface area contributed by atoms with E-state index in [1.54, 1.807) is 48.3 Å². The van der Waals surface area contributed by atoms with E-state index in [1.807, 2.05) is 12.1 Å². The quantitative estimate of drug-likeness (QED) is 0.129. The average molecular weight is 684 g/mol. The Balaban J connectivity index is 0.00000148. The summed E-state index contributed by atoms with van der Waals surface area (Å²) in [5.41, 5.74) is 6.12. The molecule has 1 aliphatic heterocycles. The molecule has 4 rings (SSSR count). The highest BCUT2D eigenvalue weighted by molar-refractivity contribution is 7.89. The second-order valence-corrected chi connectivity index (χ2v) is 12.8. The number of pyridine rings is 1. The van der Waals surface area contributed by atoms with Crippen LogP contribution in [-0.4, -0.2) is 109 Å². The topological polar surface area (TPSA) is 216 Å². The van der Waals surface area contributed by atoms with Crippen molar-refractivity contribution in [3.8, 4) is 0 Å². The van der Waals surface area contributed by atoms with Crippen molar-refractivity contribution in [3.63, 3.8) is 0 Å². The predicted octanol–water partition coefficient (Wildman–Crippen LogP) is 1.38. The van der Waals surface area contributed by atoms with Gasteiger partial charge in [0.2, 0.25) is 21.8 Å². The van der Waals surface area contributed by atoms with E-state index in [2.05, 4.69) is 9.71 Å². The minimum atomic E-state index is -4.31. The van der Waals surface area contributed by atoms with Gasteiger partial charge in [0, 0.05) is 39.3 Å². The van der Waals surface area contributed by atoms with E-state index in [0.717, 1.165) is 17.2 Å². The highest BCUT2D eigenvalue weighted by Gasteiger charge is 2.35. The van der Waals surface area contributed by atoms with Crippen LogP contribution in [0.25, 0.3) is 10.8 Å². The van der Waals surface area contributed by atoms with Gasteiger partial charge in [-0.25, -0.2) is 8.42 Å². The zero-order chi connectivity index (χ0) is 35.4. The molecule has 0 radical (unpaired) electrons. The number of likely N-dealkylation sites (tertiary alicyclic amines) is 1. The lowest BCUT2D eigenvalue weighted by molar-refractivity contribution is -0.148. The van der Waals surface area contributed by atoms with Gasteiger partial charge >= 0.3 is 5.97 Å². The molecule has 3 aromatic rings. The number of carbonyl (C=O) groups excluding carboxylic acids is 3. The second-order valence-electron chi connectivity index (χ2n) is 11.1. The summed E-state index contributed by atoms with van der Waals surface area (Å²) in [6.45, 7) is 1.41. The fourth-order valence-corrected chi connectivity index (χ4v) is 6.35. The molecule has 0 unspecified atom stereocenters.